The van der Waals surface area contributed by atoms with Crippen LogP contribution in [0.1, 0.15) is 16.2 Å². The van der Waals surface area contributed by atoms with E-state index in [0.29, 0.717) is 17.9 Å². The average Bonchev–Trinajstić information content (AvgIpc) is 2.80. The molecule has 0 radical (unpaired) electrons. The van der Waals surface area contributed by atoms with Gasteiger partial charge in [-0.15, -0.1) is 0 Å². The van der Waals surface area contributed by atoms with Crippen molar-refractivity contribution in [1.82, 2.24) is 20.1 Å². The Morgan fingerprint density at radius 3 is 3.00 bits per heavy atom. The van der Waals surface area contributed by atoms with Crippen molar-refractivity contribution >= 4 is 21.8 Å². The van der Waals surface area contributed by atoms with Crippen molar-refractivity contribution in [3.05, 3.63) is 46.5 Å². The van der Waals surface area contributed by atoms with Crippen LogP contribution in [0.2, 0.25) is 0 Å². The molecular weight excluding hydrogens is 284 g/mol. The number of hydrogen-bond acceptors (Lipinski definition) is 3. The minimum absolute atomic E-state index is 0.0531. The van der Waals surface area contributed by atoms with Crippen molar-refractivity contribution in [2.45, 2.75) is 6.54 Å². The number of carbonyl (C=O) groups excluding carboxylic acids is 1. The van der Waals surface area contributed by atoms with E-state index in [1.165, 1.54) is 6.33 Å². The van der Waals surface area contributed by atoms with E-state index in [0.717, 1.165) is 4.47 Å². The van der Waals surface area contributed by atoms with Crippen LogP contribution in [0.5, 0.6) is 0 Å². The number of rotatable bonds is 3. The first-order valence-corrected chi connectivity index (χ1v) is 5.81. The zero-order valence-corrected chi connectivity index (χ0v) is 10.8. The summed E-state index contributed by atoms with van der Waals surface area (Å²) in [5.41, 5.74) is 0.640. The van der Waals surface area contributed by atoms with Gasteiger partial charge in [-0.25, -0.2) is 4.98 Å². The first-order valence-electron chi connectivity index (χ1n) is 5.02. The van der Waals surface area contributed by atoms with Gasteiger partial charge in [-0.05, 0) is 18.2 Å². The number of halogens is 1. The Bertz CT molecular complexity index is 512. The van der Waals surface area contributed by atoms with Gasteiger partial charge in [0, 0.05) is 17.1 Å². The van der Waals surface area contributed by atoms with E-state index in [1.807, 2.05) is 12.1 Å². The highest BCUT2D eigenvalue weighted by Crippen LogP contribution is 2.13. The highest BCUT2D eigenvalue weighted by atomic mass is 79.9. The Kier molecular flexibility index (Phi) is 3.53. The summed E-state index contributed by atoms with van der Waals surface area (Å²) in [4.78, 5) is 17.6. The van der Waals surface area contributed by atoms with E-state index in [9.17, 15) is 4.79 Å². The molecule has 0 aliphatic carbocycles. The third kappa shape index (κ3) is 2.91. The summed E-state index contributed by atoms with van der Waals surface area (Å²) in [5, 5.41) is 6.46. The van der Waals surface area contributed by atoms with Crippen LogP contribution in [-0.2, 0) is 6.54 Å². The number of H-pyrrole nitrogens is 1. The van der Waals surface area contributed by atoms with Gasteiger partial charge in [0.1, 0.15) is 12.2 Å². The van der Waals surface area contributed by atoms with Gasteiger partial charge in [0.25, 0.3) is 5.91 Å². The second-order valence-electron chi connectivity index (χ2n) is 3.60. The summed E-state index contributed by atoms with van der Waals surface area (Å²) in [6.45, 7) is 0.408. The first kappa shape index (κ1) is 11.8. The highest BCUT2D eigenvalue weighted by molar-refractivity contribution is 9.10. The molecule has 0 atom stereocenters. The summed E-state index contributed by atoms with van der Waals surface area (Å²) >= 11 is 3.34. The maximum Gasteiger partial charge on any atom is 0.254 e. The molecule has 0 saturated carbocycles. The van der Waals surface area contributed by atoms with Crippen LogP contribution in [0, 0.1) is 0 Å². The van der Waals surface area contributed by atoms with Gasteiger partial charge in [-0.2, -0.15) is 5.10 Å². The van der Waals surface area contributed by atoms with Crippen molar-refractivity contribution in [2.24, 2.45) is 0 Å². The molecular formula is C11H11BrN4O. The van der Waals surface area contributed by atoms with Crippen LogP contribution in [0.25, 0.3) is 0 Å². The fraction of sp³-hybridized carbons (Fsp3) is 0.182. The molecule has 17 heavy (non-hydrogen) atoms. The van der Waals surface area contributed by atoms with Gasteiger partial charge in [0.05, 0.1) is 6.54 Å². The number of nitrogens with zero attached hydrogens (tertiary/aromatic N) is 3. The van der Waals surface area contributed by atoms with Gasteiger partial charge >= 0.3 is 0 Å². The number of aromatic amines is 1. The maximum absolute atomic E-state index is 12.1. The third-order valence-corrected chi connectivity index (χ3v) is 2.76. The molecule has 2 aromatic rings. The molecule has 0 saturated heterocycles. The van der Waals surface area contributed by atoms with E-state index in [1.54, 1.807) is 24.1 Å². The van der Waals surface area contributed by atoms with E-state index in [-0.39, 0.29) is 5.91 Å². The number of hydrogen-bond donors (Lipinski definition) is 1. The normalized spacial score (nSPS) is 10.2. The van der Waals surface area contributed by atoms with Crippen LogP contribution in [0.4, 0.5) is 0 Å². The number of aromatic nitrogens is 3. The minimum atomic E-state index is -0.0531. The topological polar surface area (TPSA) is 61.9 Å². The molecule has 1 aromatic heterocycles. The quantitative estimate of drug-likeness (QED) is 0.940. The number of benzene rings is 1. The van der Waals surface area contributed by atoms with Gasteiger partial charge in [0.15, 0.2) is 0 Å². The van der Waals surface area contributed by atoms with Crippen LogP contribution >= 0.6 is 15.9 Å². The molecule has 2 rings (SSSR count). The number of nitrogens with one attached hydrogen (secondary N) is 1. The van der Waals surface area contributed by atoms with Crippen LogP contribution < -0.4 is 0 Å². The molecule has 6 heteroatoms. The molecule has 0 spiro atoms. The summed E-state index contributed by atoms with van der Waals surface area (Å²) in [6.07, 6.45) is 1.42. The fourth-order valence-corrected chi connectivity index (χ4v) is 1.84. The van der Waals surface area contributed by atoms with Crippen LogP contribution in [0.3, 0.4) is 0 Å². The maximum atomic E-state index is 12.1. The summed E-state index contributed by atoms with van der Waals surface area (Å²) < 4.78 is 0.886. The zero-order valence-electron chi connectivity index (χ0n) is 9.22. The third-order valence-electron chi connectivity index (χ3n) is 2.27. The lowest BCUT2D eigenvalue weighted by molar-refractivity contribution is 0.0781. The van der Waals surface area contributed by atoms with E-state index in [2.05, 4.69) is 31.1 Å². The lowest BCUT2D eigenvalue weighted by Crippen LogP contribution is -2.26. The Morgan fingerprint density at radius 2 is 2.35 bits per heavy atom. The van der Waals surface area contributed by atoms with Crippen molar-refractivity contribution in [3.8, 4) is 0 Å². The van der Waals surface area contributed by atoms with E-state index >= 15 is 0 Å². The molecule has 0 fully saturated rings. The SMILES string of the molecule is CN(Cc1ncn[nH]1)C(=O)c1cccc(Br)c1. The van der Waals surface area contributed by atoms with Gasteiger partial charge in [-0.3, -0.25) is 9.89 Å². The van der Waals surface area contributed by atoms with Crippen LogP contribution in [0.15, 0.2) is 35.1 Å². The molecule has 5 nitrogen and oxygen atoms in total. The van der Waals surface area contributed by atoms with E-state index < -0.39 is 0 Å². The van der Waals surface area contributed by atoms with Gasteiger partial charge in [0.2, 0.25) is 0 Å². The lowest BCUT2D eigenvalue weighted by atomic mass is 10.2. The van der Waals surface area contributed by atoms with Crippen molar-refractivity contribution in [1.29, 1.82) is 0 Å². The summed E-state index contributed by atoms with van der Waals surface area (Å²) in [5.74, 6) is 0.610. The lowest BCUT2D eigenvalue weighted by Gasteiger charge is -2.15. The van der Waals surface area contributed by atoms with Crippen molar-refractivity contribution < 1.29 is 4.79 Å². The Morgan fingerprint density at radius 1 is 1.53 bits per heavy atom. The Labute approximate surface area is 107 Å². The fourth-order valence-electron chi connectivity index (χ4n) is 1.45. The molecule has 0 bridgehead atoms. The minimum Gasteiger partial charge on any atom is -0.334 e. The predicted octanol–water partition coefficient (Wildman–Crippen LogP) is 1.84. The molecule has 88 valence electrons. The molecule has 1 aromatic carbocycles. The molecule has 1 heterocycles. The second kappa shape index (κ2) is 5.09. The molecule has 1 N–H and O–H groups in total. The average molecular weight is 295 g/mol. The van der Waals surface area contributed by atoms with Gasteiger partial charge in [-0.1, -0.05) is 22.0 Å². The number of amides is 1. The van der Waals surface area contributed by atoms with E-state index in [4.69, 9.17) is 0 Å². The molecule has 0 aliphatic heterocycles. The van der Waals surface area contributed by atoms with Crippen LogP contribution in [-0.4, -0.2) is 33.0 Å². The van der Waals surface area contributed by atoms with Gasteiger partial charge < -0.3 is 4.90 Å². The van der Waals surface area contributed by atoms with Crippen molar-refractivity contribution in [3.63, 3.8) is 0 Å². The Balaban J connectivity index is 2.09. The molecule has 0 unspecified atom stereocenters. The highest BCUT2D eigenvalue weighted by Gasteiger charge is 2.13. The monoisotopic (exact) mass is 294 g/mol. The molecule has 0 aliphatic rings. The zero-order chi connectivity index (χ0) is 12.3. The van der Waals surface area contributed by atoms with Crippen molar-refractivity contribution in [2.75, 3.05) is 7.05 Å². The molecule has 1 amide bonds. The Hall–Kier alpha value is -1.69. The standard InChI is InChI=1S/C11H11BrN4O/c1-16(6-10-13-7-14-15-10)11(17)8-3-2-4-9(12)5-8/h2-5,7H,6H2,1H3,(H,13,14,15). The first-order chi connectivity index (χ1) is 8.16. The largest absolute Gasteiger partial charge is 0.334 e. The summed E-state index contributed by atoms with van der Waals surface area (Å²) in [6, 6.07) is 7.29. The summed E-state index contributed by atoms with van der Waals surface area (Å²) in [7, 11) is 1.73. The number of carbonyl (C=O) groups is 1. The smallest absolute Gasteiger partial charge is 0.254 e. The predicted molar refractivity (Wildman–Crippen MR) is 66.3 cm³/mol. The second-order valence-corrected chi connectivity index (χ2v) is 4.52.